The van der Waals surface area contributed by atoms with Crippen LogP contribution >= 0.6 is 0 Å². The van der Waals surface area contributed by atoms with E-state index in [0.717, 1.165) is 39.0 Å². The Bertz CT molecular complexity index is 678. The molecule has 2 heterocycles. The first-order valence-corrected chi connectivity index (χ1v) is 9.07. The highest BCUT2D eigenvalue weighted by Gasteiger charge is 2.32. The minimum absolute atomic E-state index is 0.0366. The topological polar surface area (TPSA) is 79.9 Å². The lowest BCUT2D eigenvalue weighted by molar-refractivity contribution is -0.114. The molecule has 1 aromatic carbocycles. The van der Waals surface area contributed by atoms with Crippen molar-refractivity contribution in [1.82, 2.24) is 10.2 Å². The van der Waals surface area contributed by atoms with E-state index < -0.39 is 0 Å². The fourth-order valence-electron chi connectivity index (χ4n) is 3.97. The zero-order chi connectivity index (χ0) is 18.7. The quantitative estimate of drug-likeness (QED) is 0.854. The van der Waals surface area contributed by atoms with E-state index in [1.807, 2.05) is 4.90 Å². The molecule has 0 aliphatic carbocycles. The number of nitrogens with one attached hydrogen (secondary N) is 2. The SMILES string of the molecule is COc1cc(C(=O)N2CC[C@@H]3CNC[C@@H]3CC2)cc(NC(C)=O)c1OC. The van der Waals surface area contributed by atoms with E-state index in [2.05, 4.69) is 10.6 Å². The largest absolute Gasteiger partial charge is 0.493 e. The standard InChI is InChI=1S/C19H27N3O4/c1-12(23)21-16-8-15(9-17(25-2)18(16)26-3)19(24)22-6-4-13-10-20-11-14(13)5-7-22/h8-9,13-14,20H,4-7,10-11H2,1-3H3,(H,21,23)/t13-,14+. The average molecular weight is 361 g/mol. The molecule has 2 amide bonds. The van der Waals surface area contributed by atoms with Crippen molar-refractivity contribution in [2.45, 2.75) is 19.8 Å². The van der Waals surface area contributed by atoms with Gasteiger partial charge in [-0.25, -0.2) is 0 Å². The fourth-order valence-corrected chi connectivity index (χ4v) is 3.97. The van der Waals surface area contributed by atoms with Crippen LogP contribution in [-0.2, 0) is 4.79 Å². The molecule has 7 heteroatoms. The van der Waals surface area contributed by atoms with Crippen LogP contribution < -0.4 is 20.1 Å². The minimum Gasteiger partial charge on any atom is -0.493 e. The van der Waals surface area contributed by atoms with E-state index in [-0.39, 0.29) is 11.8 Å². The Balaban J connectivity index is 1.85. The molecule has 2 saturated heterocycles. The molecular formula is C19H27N3O4. The van der Waals surface area contributed by atoms with Gasteiger partial charge in [-0.15, -0.1) is 0 Å². The summed E-state index contributed by atoms with van der Waals surface area (Å²) in [7, 11) is 3.02. The van der Waals surface area contributed by atoms with Crippen molar-refractivity contribution in [3.05, 3.63) is 17.7 Å². The monoisotopic (exact) mass is 361 g/mol. The Labute approximate surface area is 154 Å². The summed E-state index contributed by atoms with van der Waals surface area (Å²) in [6.07, 6.45) is 2.05. The first-order chi connectivity index (χ1) is 12.5. The van der Waals surface area contributed by atoms with Gasteiger partial charge in [0.1, 0.15) is 0 Å². The van der Waals surface area contributed by atoms with Crippen LogP contribution in [-0.4, -0.2) is 57.1 Å². The first-order valence-electron chi connectivity index (χ1n) is 9.07. The van der Waals surface area contributed by atoms with Crippen molar-refractivity contribution < 1.29 is 19.1 Å². The lowest BCUT2D eigenvalue weighted by Gasteiger charge is -2.22. The van der Waals surface area contributed by atoms with Gasteiger partial charge in [-0.05, 0) is 49.9 Å². The second kappa shape index (κ2) is 7.95. The molecule has 7 nitrogen and oxygen atoms in total. The number of carbonyl (C=O) groups is 2. The summed E-state index contributed by atoms with van der Waals surface area (Å²) in [5.74, 6) is 1.89. The average Bonchev–Trinajstić information content (AvgIpc) is 2.98. The lowest BCUT2D eigenvalue weighted by atomic mass is 9.92. The van der Waals surface area contributed by atoms with E-state index in [9.17, 15) is 9.59 Å². The van der Waals surface area contributed by atoms with Crippen LogP contribution in [0.5, 0.6) is 11.5 Å². The highest BCUT2D eigenvalue weighted by Crippen LogP contribution is 2.37. The third-order valence-corrected chi connectivity index (χ3v) is 5.34. The Morgan fingerprint density at radius 1 is 1.12 bits per heavy atom. The summed E-state index contributed by atoms with van der Waals surface area (Å²) in [6, 6.07) is 3.35. The molecule has 2 aliphatic heterocycles. The van der Waals surface area contributed by atoms with Gasteiger partial charge >= 0.3 is 0 Å². The number of rotatable bonds is 4. The number of anilines is 1. The predicted molar refractivity (Wildman–Crippen MR) is 98.8 cm³/mol. The highest BCUT2D eigenvalue weighted by molar-refractivity contribution is 5.99. The number of ether oxygens (including phenoxy) is 2. The molecule has 2 aliphatic rings. The summed E-state index contributed by atoms with van der Waals surface area (Å²) in [4.78, 5) is 26.5. The minimum atomic E-state index is -0.231. The Morgan fingerprint density at radius 2 is 1.77 bits per heavy atom. The molecule has 3 rings (SSSR count). The maximum absolute atomic E-state index is 13.1. The Hall–Kier alpha value is -2.28. The molecule has 2 atom stereocenters. The van der Waals surface area contributed by atoms with E-state index in [1.54, 1.807) is 12.1 Å². The second-order valence-electron chi connectivity index (χ2n) is 6.99. The van der Waals surface area contributed by atoms with E-state index in [0.29, 0.717) is 34.6 Å². The lowest BCUT2D eigenvalue weighted by Crippen LogP contribution is -2.32. The fraction of sp³-hybridized carbons (Fsp3) is 0.579. The predicted octanol–water partition coefficient (Wildman–Crippen LogP) is 1.73. The molecule has 1 aromatic rings. The molecule has 0 saturated carbocycles. The molecule has 0 aromatic heterocycles. The summed E-state index contributed by atoms with van der Waals surface area (Å²) < 4.78 is 10.7. The van der Waals surface area contributed by atoms with Crippen LogP contribution in [0, 0.1) is 11.8 Å². The van der Waals surface area contributed by atoms with E-state index >= 15 is 0 Å². The number of amides is 2. The number of hydrogen-bond acceptors (Lipinski definition) is 5. The smallest absolute Gasteiger partial charge is 0.254 e. The van der Waals surface area contributed by atoms with Crippen molar-refractivity contribution in [1.29, 1.82) is 0 Å². The number of nitrogens with zero attached hydrogens (tertiary/aromatic N) is 1. The Morgan fingerprint density at radius 3 is 2.31 bits per heavy atom. The molecule has 0 radical (unpaired) electrons. The molecule has 0 unspecified atom stereocenters. The molecule has 142 valence electrons. The normalized spacial score (nSPS) is 22.3. The van der Waals surface area contributed by atoms with Crippen molar-refractivity contribution in [3.63, 3.8) is 0 Å². The molecule has 0 bridgehead atoms. The van der Waals surface area contributed by atoms with Crippen LogP contribution in [0.4, 0.5) is 5.69 Å². The number of methoxy groups -OCH3 is 2. The van der Waals surface area contributed by atoms with Crippen LogP contribution in [0.3, 0.4) is 0 Å². The van der Waals surface area contributed by atoms with Crippen molar-refractivity contribution in [3.8, 4) is 11.5 Å². The third-order valence-electron chi connectivity index (χ3n) is 5.34. The summed E-state index contributed by atoms with van der Waals surface area (Å²) in [5, 5.41) is 6.17. The van der Waals surface area contributed by atoms with Gasteiger partial charge in [0.15, 0.2) is 11.5 Å². The molecular weight excluding hydrogens is 334 g/mol. The molecule has 2 fully saturated rings. The van der Waals surface area contributed by atoms with Crippen molar-refractivity contribution in [2.24, 2.45) is 11.8 Å². The molecule has 2 N–H and O–H groups in total. The van der Waals surface area contributed by atoms with Crippen LogP contribution in [0.1, 0.15) is 30.1 Å². The van der Waals surface area contributed by atoms with Crippen molar-refractivity contribution >= 4 is 17.5 Å². The second-order valence-corrected chi connectivity index (χ2v) is 6.99. The van der Waals surface area contributed by atoms with Gasteiger partial charge in [-0.2, -0.15) is 0 Å². The molecule has 26 heavy (non-hydrogen) atoms. The van der Waals surface area contributed by atoms with Gasteiger partial charge < -0.3 is 25.0 Å². The number of hydrogen-bond donors (Lipinski definition) is 2. The van der Waals surface area contributed by atoms with Gasteiger partial charge in [0.2, 0.25) is 5.91 Å². The zero-order valence-electron chi connectivity index (χ0n) is 15.6. The highest BCUT2D eigenvalue weighted by atomic mass is 16.5. The Kier molecular flexibility index (Phi) is 5.66. The van der Waals surface area contributed by atoms with Gasteiger partial charge in [-0.1, -0.05) is 0 Å². The number of benzene rings is 1. The van der Waals surface area contributed by atoms with Crippen molar-refractivity contribution in [2.75, 3.05) is 45.7 Å². The van der Waals surface area contributed by atoms with E-state index in [4.69, 9.17) is 9.47 Å². The van der Waals surface area contributed by atoms with Gasteiger partial charge in [0.05, 0.1) is 19.9 Å². The maximum atomic E-state index is 13.1. The van der Waals surface area contributed by atoms with Gasteiger partial charge in [-0.3, -0.25) is 9.59 Å². The summed E-state index contributed by atoms with van der Waals surface area (Å²) >= 11 is 0. The number of fused-ring (bicyclic) bond motifs is 1. The molecule has 0 spiro atoms. The first kappa shape index (κ1) is 18.5. The summed E-state index contributed by atoms with van der Waals surface area (Å²) in [5.41, 5.74) is 0.940. The third kappa shape index (κ3) is 3.77. The van der Waals surface area contributed by atoms with Crippen LogP contribution in [0.15, 0.2) is 12.1 Å². The number of likely N-dealkylation sites (tertiary alicyclic amines) is 1. The van der Waals surface area contributed by atoms with E-state index in [1.165, 1.54) is 21.1 Å². The number of carbonyl (C=O) groups excluding carboxylic acids is 2. The van der Waals surface area contributed by atoms with Crippen LogP contribution in [0.25, 0.3) is 0 Å². The zero-order valence-corrected chi connectivity index (χ0v) is 15.6. The maximum Gasteiger partial charge on any atom is 0.254 e. The van der Waals surface area contributed by atoms with Gasteiger partial charge in [0.25, 0.3) is 5.91 Å². The summed E-state index contributed by atoms with van der Waals surface area (Å²) in [6.45, 7) is 5.03. The van der Waals surface area contributed by atoms with Gasteiger partial charge in [0, 0.05) is 25.6 Å². The van der Waals surface area contributed by atoms with Crippen LogP contribution in [0.2, 0.25) is 0 Å².